The van der Waals surface area contributed by atoms with Crippen molar-refractivity contribution < 1.29 is 0 Å². The molecule has 0 heterocycles. The number of hydrogen-bond donors (Lipinski definition) is 1. The Morgan fingerprint density at radius 2 is 1.92 bits per heavy atom. The molecule has 0 aliphatic carbocycles. The maximum atomic E-state index is 6.05. The van der Waals surface area contributed by atoms with Crippen LogP contribution < -0.4 is 5.73 Å². The molecule has 2 heteroatoms. The lowest BCUT2D eigenvalue weighted by Crippen LogP contribution is -2.17. The Morgan fingerprint density at radius 1 is 1.31 bits per heavy atom. The normalized spacial score (nSPS) is 13.4. The van der Waals surface area contributed by atoms with Crippen LogP contribution in [0.3, 0.4) is 0 Å². The Hall–Kier alpha value is -0.530. The van der Waals surface area contributed by atoms with E-state index in [1.54, 1.807) is 0 Å². The van der Waals surface area contributed by atoms with Gasteiger partial charge in [-0.25, -0.2) is 0 Å². The number of benzene rings is 1. The molecule has 0 bridgehead atoms. The van der Waals surface area contributed by atoms with Gasteiger partial charge < -0.3 is 5.73 Å². The van der Waals surface area contributed by atoms with E-state index in [2.05, 4.69) is 20.8 Å². The smallest absolute Gasteiger partial charge is 0.0409 e. The van der Waals surface area contributed by atoms with Crippen LogP contribution in [0.15, 0.2) is 18.2 Å². The van der Waals surface area contributed by atoms with Crippen LogP contribution >= 0.6 is 11.6 Å². The Kier molecular flexibility index (Phi) is 3.34. The number of rotatable bonds is 2. The molecule has 0 amide bonds. The zero-order valence-corrected chi connectivity index (χ0v) is 9.10. The minimum atomic E-state index is 0.0821. The lowest BCUT2D eigenvalue weighted by atomic mass is 9.94. The topological polar surface area (TPSA) is 26.0 Å². The maximum absolute atomic E-state index is 6.05. The van der Waals surface area contributed by atoms with Gasteiger partial charge in [0, 0.05) is 11.1 Å². The van der Waals surface area contributed by atoms with Crippen LogP contribution in [-0.2, 0) is 0 Å². The zero-order valence-electron chi connectivity index (χ0n) is 8.34. The Labute approximate surface area is 84.9 Å². The van der Waals surface area contributed by atoms with Crippen LogP contribution in [0, 0.1) is 12.8 Å². The summed E-state index contributed by atoms with van der Waals surface area (Å²) in [6, 6.07) is 5.95. The highest BCUT2D eigenvalue weighted by Gasteiger charge is 2.12. The minimum absolute atomic E-state index is 0.0821. The van der Waals surface area contributed by atoms with Gasteiger partial charge in [0.25, 0.3) is 0 Å². The van der Waals surface area contributed by atoms with Crippen LogP contribution in [0.25, 0.3) is 0 Å². The van der Waals surface area contributed by atoms with Crippen molar-refractivity contribution >= 4 is 11.6 Å². The summed E-state index contributed by atoms with van der Waals surface area (Å²) in [7, 11) is 0. The Morgan fingerprint density at radius 3 is 2.46 bits per heavy atom. The van der Waals surface area contributed by atoms with Gasteiger partial charge in [0.05, 0.1) is 0 Å². The predicted octanol–water partition coefficient (Wildman–Crippen LogP) is 3.30. The summed E-state index contributed by atoms with van der Waals surface area (Å²) < 4.78 is 0. The molecule has 0 fully saturated rings. The summed E-state index contributed by atoms with van der Waals surface area (Å²) in [6.45, 7) is 6.30. The zero-order chi connectivity index (χ0) is 10.0. The van der Waals surface area contributed by atoms with Crippen molar-refractivity contribution in [3.63, 3.8) is 0 Å². The van der Waals surface area contributed by atoms with E-state index in [0.717, 1.165) is 10.6 Å². The van der Waals surface area contributed by atoms with E-state index < -0.39 is 0 Å². The number of nitrogens with two attached hydrogens (primary N) is 1. The Balaban J connectivity index is 3.05. The molecule has 1 rings (SSSR count). The van der Waals surface area contributed by atoms with Crippen molar-refractivity contribution in [3.05, 3.63) is 34.3 Å². The molecule has 0 aliphatic rings. The molecule has 1 nitrogen and oxygen atoms in total. The molecule has 0 saturated heterocycles. The quantitative estimate of drug-likeness (QED) is 0.774. The third kappa shape index (κ3) is 2.45. The molecule has 1 atom stereocenters. The van der Waals surface area contributed by atoms with E-state index in [1.165, 1.54) is 5.56 Å². The lowest BCUT2D eigenvalue weighted by molar-refractivity contribution is 0.512. The summed E-state index contributed by atoms with van der Waals surface area (Å²) in [5.74, 6) is 0.442. The second kappa shape index (κ2) is 4.12. The van der Waals surface area contributed by atoms with Gasteiger partial charge in [-0.3, -0.25) is 0 Å². The fourth-order valence-electron chi connectivity index (χ4n) is 1.33. The van der Waals surface area contributed by atoms with E-state index in [1.807, 2.05) is 18.2 Å². The van der Waals surface area contributed by atoms with Crippen molar-refractivity contribution in [3.8, 4) is 0 Å². The van der Waals surface area contributed by atoms with Gasteiger partial charge in [-0.05, 0) is 36.1 Å². The molecule has 0 saturated carbocycles. The third-order valence-corrected chi connectivity index (χ3v) is 2.55. The van der Waals surface area contributed by atoms with Crippen LogP contribution in [0.2, 0.25) is 5.02 Å². The molecule has 13 heavy (non-hydrogen) atoms. The molecular formula is C11H16ClN. The van der Waals surface area contributed by atoms with Gasteiger partial charge in [0.2, 0.25) is 0 Å². The molecular weight excluding hydrogens is 182 g/mol. The molecule has 1 aromatic carbocycles. The fraction of sp³-hybridized carbons (Fsp3) is 0.455. The van der Waals surface area contributed by atoms with E-state index in [9.17, 15) is 0 Å². The van der Waals surface area contributed by atoms with Crippen molar-refractivity contribution in [2.75, 3.05) is 0 Å². The highest BCUT2D eigenvalue weighted by molar-refractivity contribution is 6.30. The molecule has 0 aromatic heterocycles. The third-order valence-electron chi connectivity index (χ3n) is 2.32. The van der Waals surface area contributed by atoms with Crippen molar-refractivity contribution in [2.45, 2.75) is 26.8 Å². The van der Waals surface area contributed by atoms with Crippen molar-refractivity contribution in [1.82, 2.24) is 0 Å². The second-order valence-electron chi connectivity index (χ2n) is 3.77. The van der Waals surface area contributed by atoms with Gasteiger partial charge >= 0.3 is 0 Å². The van der Waals surface area contributed by atoms with Gasteiger partial charge in [-0.2, -0.15) is 0 Å². The van der Waals surface area contributed by atoms with Crippen LogP contribution in [0.1, 0.15) is 31.0 Å². The van der Waals surface area contributed by atoms with E-state index >= 15 is 0 Å². The molecule has 2 N–H and O–H groups in total. The maximum Gasteiger partial charge on any atom is 0.0409 e. The highest BCUT2D eigenvalue weighted by atomic mass is 35.5. The molecule has 0 aliphatic heterocycles. The average molecular weight is 198 g/mol. The standard InChI is InChI=1S/C11H16ClN/c1-7(2)11(13)10-6-9(12)5-4-8(10)3/h4-7,11H,13H2,1-3H3/t11-/m1/s1. The molecule has 0 unspecified atom stereocenters. The van der Waals surface area contributed by atoms with Gasteiger partial charge in [0.15, 0.2) is 0 Å². The summed E-state index contributed by atoms with van der Waals surface area (Å²) in [5, 5.41) is 0.761. The first-order chi connectivity index (χ1) is 6.02. The van der Waals surface area contributed by atoms with Gasteiger partial charge in [-0.15, -0.1) is 0 Å². The first kappa shape index (κ1) is 10.6. The summed E-state index contributed by atoms with van der Waals surface area (Å²) >= 11 is 5.91. The van der Waals surface area contributed by atoms with Gasteiger partial charge in [0.1, 0.15) is 0 Å². The fourth-order valence-corrected chi connectivity index (χ4v) is 1.51. The largest absolute Gasteiger partial charge is 0.324 e. The van der Waals surface area contributed by atoms with E-state index in [-0.39, 0.29) is 6.04 Å². The second-order valence-corrected chi connectivity index (χ2v) is 4.21. The predicted molar refractivity (Wildman–Crippen MR) is 58.0 cm³/mol. The molecule has 0 spiro atoms. The monoisotopic (exact) mass is 197 g/mol. The number of hydrogen-bond acceptors (Lipinski definition) is 1. The first-order valence-corrected chi connectivity index (χ1v) is 4.92. The summed E-state index contributed by atoms with van der Waals surface area (Å²) in [5.41, 5.74) is 8.42. The van der Waals surface area contributed by atoms with Crippen molar-refractivity contribution in [1.29, 1.82) is 0 Å². The molecule has 72 valence electrons. The molecule has 0 radical (unpaired) electrons. The number of aryl methyl sites for hydroxylation is 1. The minimum Gasteiger partial charge on any atom is -0.324 e. The van der Waals surface area contributed by atoms with E-state index in [4.69, 9.17) is 17.3 Å². The van der Waals surface area contributed by atoms with Gasteiger partial charge in [-0.1, -0.05) is 31.5 Å². The average Bonchev–Trinajstić information content (AvgIpc) is 2.08. The van der Waals surface area contributed by atoms with Crippen LogP contribution in [-0.4, -0.2) is 0 Å². The van der Waals surface area contributed by atoms with Crippen LogP contribution in [0.4, 0.5) is 0 Å². The Bertz CT molecular complexity index is 294. The first-order valence-electron chi connectivity index (χ1n) is 4.54. The highest BCUT2D eigenvalue weighted by Crippen LogP contribution is 2.24. The number of halogens is 1. The summed E-state index contributed by atoms with van der Waals surface area (Å²) in [6.07, 6.45) is 0. The van der Waals surface area contributed by atoms with Crippen molar-refractivity contribution in [2.24, 2.45) is 11.7 Å². The van der Waals surface area contributed by atoms with Crippen LogP contribution in [0.5, 0.6) is 0 Å². The SMILES string of the molecule is Cc1ccc(Cl)cc1[C@H](N)C(C)C. The lowest BCUT2D eigenvalue weighted by Gasteiger charge is -2.18. The molecule has 1 aromatic rings. The van der Waals surface area contributed by atoms with E-state index in [0.29, 0.717) is 5.92 Å². The summed E-state index contributed by atoms with van der Waals surface area (Å²) in [4.78, 5) is 0.